The summed E-state index contributed by atoms with van der Waals surface area (Å²) >= 11 is 0. The summed E-state index contributed by atoms with van der Waals surface area (Å²) in [6.45, 7) is 8.27. The van der Waals surface area contributed by atoms with Crippen LogP contribution in [0.3, 0.4) is 0 Å². The molecule has 1 aromatic carbocycles. The van der Waals surface area contributed by atoms with E-state index < -0.39 is 0 Å². The first-order valence-electron chi connectivity index (χ1n) is 7.08. The van der Waals surface area contributed by atoms with Gasteiger partial charge in [0.05, 0.1) is 0 Å². The van der Waals surface area contributed by atoms with Crippen molar-refractivity contribution in [2.75, 3.05) is 13.1 Å². The van der Waals surface area contributed by atoms with E-state index in [1.165, 1.54) is 0 Å². The third-order valence-electron chi connectivity index (χ3n) is 3.77. The van der Waals surface area contributed by atoms with Crippen molar-refractivity contribution in [3.05, 3.63) is 29.8 Å². The highest BCUT2D eigenvalue weighted by Crippen LogP contribution is 2.20. The lowest BCUT2D eigenvalue weighted by atomic mass is 10.1. The first kappa shape index (κ1) is 14.1. The van der Waals surface area contributed by atoms with Crippen LogP contribution in [-0.4, -0.2) is 35.9 Å². The van der Waals surface area contributed by atoms with Crippen molar-refractivity contribution in [2.24, 2.45) is 0 Å². The van der Waals surface area contributed by atoms with Gasteiger partial charge in [0.2, 0.25) is 0 Å². The van der Waals surface area contributed by atoms with Gasteiger partial charge in [0.25, 0.3) is 0 Å². The molecule has 1 saturated heterocycles. The van der Waals surface area contributed by atoms with E-state index in [0.717, 1.165) is 37.2 Å². The zero-order valence-electron chi connectivity index (χ0n) is 12.1. The van der Waals surface area contributed by atoms with Crippen LogP contribution in [-0.2, 0) is 0 Å². The number of ether oxygens (including phenoxy) is 1. The zero-order valence-corrected chi connectivity index (χ0v) is 12.1. The van der Waals surface area contributed by atoms with Gasteiger partial charge in [-0.15, -0.1) is 0 Å². The Morgan fingerprint density at radius 2 is 1.79 bits per heavy atom. The van der Waals surface area contributed by atoms with Crippen molar-refractivity contribution in [3.63, 3.8) is 0 Å². The summed E-state index contributed by atoms with van der Waals surface area (Å²) in [6.07, 6.45) is 2.46. The molecule has 0 amide bonds. The lowest BCUT2D eigenvalue weighted by molar-refractivity contribution is 0.0843. The van der Waals surface area contributed by atoms with Gasteiger partial charge in [-0.2, -0.15) is 0 Å². The maximum atomic E-state index is 11.2. The van der Waals surface area contributed by atoms with Gasteiger partial charge in [-0.3, -0.25) is 4.79 Å². The number of hydrogen-bond donors (Lipinski definition) is 0. The van der Waals surface area contributed by atoms with E-state index in [2.05, 4.69) is 18.7 Å². The van der Waals surface area contributed by atoms with Gasteiger partial charge in [0.15, 0.2) is 5.78 Å². The third-order valence-corrected chi connectivity index (χ3v) is 3.77. The minimum Gasteiger partial charge on any atom is -0.490 e. The van der Waals surface area contributed by atoms with Gasteiger partial charge in [-0.1, -0.05) is 0 Å². The Morgan fingerprint density at radius 3 is 2.26 bits per heavy atom. The van der Waals surface area contributed by atoms with Crippen LogP contribution in [0, 0.1) is 0 Å². The number of hydrogen-bond acceptors (Lipinski definition) is 3. The van der Waals surface area contributed by atoms with Crippen LogP contribution in [0.4, 0.5) is 0 Å². The Balaban J connectivity index is 1.87. The molecule has 0 radical (unpaired) electrons. The Labute approximate surface area is 115 Å². The molecule has 0 bridgehead atoms. The lowest BCUT2D eigenvalue weighted by Crippen LogP contribution is -2.41. The summed E-state index contributed by atoms with van der Waals surface area (Å²) in [5, 5.41) is 0. The number of Topliss-reactive ketones (excluding diaryl/α,β-unsaturated/α-hetero) is 1. The summed E-state index contributed by atoms with van der Waals surface area (Å²) in [4.78, 5) is 13.7. The number of rotatable bonds is 4. The second kappa shape index (κ2) is 6.20. The quantitative estimate of drug-likeness (QED) is 0.780. The maximum Gasteiger partial charge on any atom is 0.159 e. The van der Waals surface area contributed by atoms with Crippen LogP contribution in [0.15, 0.2) is 24.3 Å². The zero-order chi connectivity index (χ0) is 13.8. The molecule has 1 aliphatic heterocycles. The van der Waals surface area contributed by atoms with E-state index in [1.54, 1.807) is 6.92 Å². The Kier molecular flexibility index (Phi) is 4.59. The summed E-state index contributed by atoms with van der Waals surface area (Å²) in [6, 6.07) is 8.08. The van der Waals surface area contributed by atoms with Crippen molar-refractivity contribution in [2.45, 2.75) is 45.8 Å². The topological polar surface area (TPSA) is 29.5 Å². The summed E-state index contributed by atoms with van der Waals surface area (Å²) in [5.74, 6) is 0.963. The summed E-state index contributed by atoms with van der Waals surface area (Å²) < 4.78 is 5.98. The smallest absolute Gasteiger partial charge is 0.159 e. The number of nitrogens with zero attached hydrogens (tertiary/aromatic N) is 1. The number of benzene rings is 1. The van der Waals surface area contributed by atoms with Crippen molar-refractivity contribution in [1.29, 1.82) is 0 Å². The first-order chi connectivity index (χ1) is 9.06. The van der Waals surface area contributed by atoms with Crippen molar-refractivity contribution in [3.8, 4) is 5.75 Å². The Morgan fingerprint density at radius 1 is 1.21 bits per heavy atom. The first-order valence-corrected chi connectivity index (χ1v) is 7.08. The molecule has 3 heteroatoms. The van der Waals surface area contributed by atoms with Gasteiger partial charge in [0.1, 0.15) is 11.9 Å². The fraction of sp³-hybridized carbons (Fsp3) is 0.562. The molecule has 0 aromatic heterocycles. The summed E-state index contributed by atoms with van der Waals surface area (Å²) in [7, 11) is 0. The molecular formula is C16H23NO2. The third kappa shape index (κ3) is 3.80. The van der Waals surface area contributed by atoms with E-state index >= 15 is 0 Å². The molecule has 0 saturated carbocycles. The molecule has 1 heterocycles. The molecule has 104 valence electrons. The number of carbonyl (C=O) groups excluding carboxylic acids is 1. The molecule has 0 spiro atoms. The van der Waals surface area contributed by atoms with Crippen LogP contribution in [0.25, 0.3) is 0 Å². The normalized spacial score (nSPS) is 17.7. The van der Waals surface area contributed by atoms with E-state index in [-0.39, 0.29) is 5.78 Å². The van der Waals surface area contributed by atoms with E-state index in [1.807, 2.05) is 24.3 Å². The SMILES string of the molecule is CC(=O)c1ccc(OC2CCN(C(C)C)CC2)cc1. The van der Waals surface area contributed by atoms with Crippen LogP contribution in [0.5, 0.6) is 5.75 Å². The summed E-state index contributed by atoms with van der Waals surface area (Å²) in [5.41, 5.74) is 0.738. The van der Waals surface area contributed by atoms with Crippen molar-refractivity contribution >= 4 is 5.78 Å². The Hall–Kier alpha value is -1.35. The molecule has 0 aliphatic carbocycles. The molecule has 3 nitrogen and oxygen atoms in total. The van der Waals surface area contributed by atoms with Crippen LogP contribution in [0.2, 0.25) is 0 Å². The number of ketones is 1. The Bertz CT molecular complexity index is 417. The van der Waals surface area contributed by atoms with Gasteiger partial charge >= 0.3 is 0 Å². The average molecular weight is 261 g/mol. The molecule has 2 rings (SSSR count). The van der Waals surface area contributed by atoms with E-state index in [9.17, 15) is 4.79 Å². The highest BCUT2D eigenvalue weighted by atomic mass is 16.5. The second-order valence-electron chi connectivity index (χ2n) is 5.53. The van der Waals surface area contributed by atoms with Crippen LogP contribution >= 0.6 is 0 Å². The molecular weight excluding hydrogens is 238 g/mol. The van der Waals surface area contributed by atoms with Crippen LogP contribution in [0.1, 0.15) is 44.0 Å². The molecule has 0 atom stereocenters. The fourth-order valence-electron chi connectivity index (χ4n) is 2.47. The second-order valence-corrected chi connectivity index (χ2v) is 5.53. The predicted molar refractivity (Wildman–Crippen MR) is 76.8 cm³/mol. The van der Waals surface area contributed by atoms with E-state index in [4.69, 9.17) is 4.74 Å². The molecule has 1 fully saturated rings. The highest BCUT2D eigenvalue weighted by molar-refractivity contribution is 5.94. The van der Waals surface area contributed by atoms with Crippen molar-refractivity contribution < 1.29 is 9.53 Å². The van der Waals surface area contributed by atoms with Gasteiger partial charge in [-0.25, -0.2) is 0 Å². The lowest BCUT2D eigenvalue weighted by Gasteiger charge is -2.34. The molecule has 0 unspecified atom stereocenters. The number of piperidine rings is 1. The van der Waals surface area contributed by atoms with Crippen LogP contribution < -0.4 is 4.74 Å². The highest BCUT2D eigenvalue weighted by Gasteiger charge is 2.21. The predicted octanol–water partition coefficient (Wildman–Crippen LogP) is 3.14. The number of likely N-dealkylation sites (tertiary alicyclic amines) is 1. The van der Waals surface area contributed by atoms with Crippen molar-refractivity contribution in [1.82, 2.24) is 4.90 Å². The molecule has 0 N–H and O–H groups in total. The minimum atomic E-state index is 0.0943. The fourth-order valence-corrected chi connectivity index (χ4v) is 2.47. The monoisotopic (exact) mass is 261 g/mol. The standard InChI is InChI=1S/C16H23NO2/c1-12(2)17-10-8-16(9-11-17)19-15-6-4-14(5-7-15)13(3)18/h4-7,12,16H,8-11H2,1-3H3. The van der Waals surface area contributed by atoms with E-state index in [0.29, 0.717) is 12.1 Å². The van der Waals surface area contributed by atoms with Gasteiger partial charge in [0, 0.05) is 24.7 Å². The molecule has 1 aromatic rings. The van der Waals surface area contributed by atoms with Gasteiger partial charge < -0.3 is 9.64 Å². The maximum absolute atomic E-state index is 11.2. The largest absolute Gasteiger partial charge is 0.490 e. The molecule has 1 aliphatic rings. The average Bonchev–Trinajstić information content (AvgIpc) is 2.40. The molecule has 19 heavy (non-hydrogen) atoms. The van der Waals surface area contributed by atoms with Gasteiger partial charge in [-0.05, 0) is 57.9 Å². The minimum absolute atomic E-state index is 0.0943. The number of carbonyl (C=O) groups is 1.